The minimum absolute atomic E-state index is 0.253. The summed E-state index contributed by atoms with van der Waals surface area (Å²) in [4.78, 5) is 12.1. The minimum Gasteiger partial charge on any atom is -0.288 e. The number of hydrogen-bond donors (Lipinski definition) is 1. The molecule has 2 rings (SSSR count). The van der Waals surface area contributed by atoms with Gasteiger partial charge in [-0.15, -0.1) is 0 Å². The molecule has 0 bridgehead atoms. The third kappa shape index (κ3) is 3.32. The van der Waals surface area contributed by atoms with Gasteiger partial charge in [0.25, 0.3) is 5.91 Å². The van der Waals surface area contributed by atoms with Gasteiger partial charge in [0.15, 0.2) is 0 Å². The van der Waals surface area contributed by atoms with Gasteiger partial charge in [-0.25, -0.2) is 4.39 Å². The number of benzene rings is 2. The van der Waals surface area contributed by atoms with Crippen LogP contribution in [0.3, 0.4) is 0 Å². The van der Waals surface area contributed by atoms with Gasteiger partial charge in [-0.3, -0.25) is 15.2 Å². The molecule has 0 saturated carbocycles. The smallest absolute Gasteiger partial charge is 0.271 e. The predicted octanol–water partition coefficient (Wildman–Crippen LogP) is 3.37. The molecular weight excluding hydrogens is 311 g/mol. The van der Waals surface area contributed by atoms with Crippen LogP contribution in [-0.2, 0) is 0 Å². The van der Waals surface area contributed by atoms with Crippen LogP contribution in [0.5, 0.6) is 0 Å². The zero-order chi connectivity index (χ0) is 13.8. The van der Waals surface area contributed by atoms with Crippen LogP contribution in [0.1, 0.15) is 10.4 Å². The lowest BCUT2D eigenvalue weighted by molar-refractivity contribution is 0.0950. The molecule has 0 heterocycles. The molecule has 0 atom stereocenters. The van der Waals surface area contributed by atoms with E-state index in [0.29, 0.717) is 4.47 Å². The van der Waals surface area contributed by atoms with Gasteiger partial charge in [0, 0.05) is 11.5 Å². The normalized spacial score (nSPS) is 10.1. The molecule has 5 heteroatoms. The van der Waals surface area contributed by atoms with Crippen molar-refractivity contribution in [2.24, 2.45) is 0 Å². The fourth-order valence-corrected chi connectivity index (χ4v) is 2.03. The third-order valence-electron chi connectivity index (χ3n) is 2.59. The molecule has 98 valence electrons. The van der Waals surface area contributed by atoms with Crippen molar-refractivity contribution in [3.63, 3.8) is 0 Å². The van der Waals surface area contributed by atoms with Crippen molar-refractivity contribution in [2.45, 2.75) is 0 Å². The molecule has 1 N–H and O–H groups in total. The largest absolute Gasteiger partial charge is 0.288 e. The van der Waals surface area contributed by atoms with Gasteiger partial charge < -0.3 is 0 Å². The van der Waals surface area contributed by atoms with E-state index < -0.39 is 5.82 Å². The van der Waals surface area contributed by atoms with Crippen molar-refractivity contribution in [2.75, 3.05) is 12.1 Å². The SMILES string of the molecule is CN(NC(=O)c1cc(F)ccc1Br)c1ccccc1. The topological polar surface area (TPSA) is 32.3 Å². The van der Waals surface area contributed by atoms with Gasteiger partial charge in [0.1, 0.15) is 5.82 Å². The van der Waals surface area contributed by atoms with Crippen LogP contribution in [0.25, 0.3) is 0 Å². The first-order chi connectivity index (χ1) is 9.08. The molecule has 3 nitrogen and oxygen atoms in total. The molecule has 19 heavy (non-hydrogen) atoms. The first kappa shape index (κ1) is 13.5. The summed E-state index contributed by atoms with van der Waals surface area (Å²) >= 11 is 3.23. The van der Waals surface area contributed by atoms with Gasteiger partial charge in [0.05, 0.1) is 11.3 Å². The number of amides is 1. The lowest BCUT2D eigenvalue weighted by Gasteiger charge is -2.20. The monoisotopic (exact) mass is 322 g/mol. The van der Waals surface area contributed by atoms with Crippen molar-refractivity contribution < 1.29 is 9.18 Å². The highest BCUT2D eigenvalue weighted by Crippen LogP contribution is 2.18. The second-order valence-corrected chi connectivity index (χ2v) is 4.81. The Bertz CT molecular complexity index is 589. The molecule has 0 unspecified atom stereocenters. The molecular formula is C14H12BrFN2O. The Morgan fingerprint density at radius 1 is 1.21 bits per heavy atom. The van der Waals surface area contributed by atoms with Gasteiger partial charge in [0.2, 0.25) is 0 Å². The third-order valence-corrected chi connectivity index (χ3v) is 3.28. The fourth-order valence-electron chi connectivity index (χ4n) is 1.60. The van der Waals surface area contributed by atoms with Gasteiger partial charge in [-0.05, 0) is 46.3 Å². The summed E-state index contributed by atoms with van der Waals surface area (Å²) in [7, 11) is 1.72. The molecule has 0 aliphatic rings. The zero-order valence-electron chi connectivity index (χ0n) is 10.2. The average Bonchev–Trinajstić information content (AvgIpc) is 2.42. The van der Waals surface area contributed by atoms with Crippen LogP contribution in [0, 0.1) is 5.82 Å². The molecule has 0 radical (unpaired) electrons. The van der Waals surface area contributed by atoms with Gasteiger partial charge >= 0.3 is 0 Å². The summed E-state index contributed by atoms with van der Waals surface area (Å²) in [5, 5.41) is 1.58. The molecule has 0 spiro atoms. The number of nitrogens with one attached hydrogen (secondary N) is 1. The van der Waals surface area contributed by atoms with Crippen LogP contribution in [-0.4, -0.2) is 13.0 Å². The first-order valence-electron chi connectivity index (χ1n) is 5.63. The van der Waals surface area contributed by atoms with E-state index in [9.17, 15) is 9.18 Å². The Balaban J connectivity index is 2.15. The summed E-state index contributed by atoms with van der Waals surface area (Å²) in [6.07, 6.45) is 0. The first-order valence-corrected chi connectivity index (χ1v) is 6.42. The number of hydrazine groups is 1. The summed E-state index contributed by atoms with van der Waals surface area (Å²) in [6.45, 7) is 0. The zero-order valence-corrected chi connectivity index (χ0v) is 11.8. The summed E-state index contributed by atoms with van der Waals surface area (Å²) in [6, 6.07) is 13.4. The number of rotatable bonds is 3. The summed E-state index contributed by atoms with van der Waals surface area (Å²) < 4.78 is 13.7. The maximum Gasteiger partial charge on any atom is 0.271 e. The Kier molecular flexibility index (Phi) is 4.16. The molecule has 2 aromatic rings. The molecule has 1 amide bonds. The minimum atomic E-state index is -0.448. The second kappa shape index (κ2) is 5.84. The van der Waals surface area contributed by atoms with Crippen molar-refractivity contribution >= 4 is 27.5 Å². The Morgan fingerprint density at radius 2 is 1.89 bits per heavy atom. The van der Waals surface area contributed by atoms with E-state index in [1.165, 1.54) is 18.2 Å². The highest BCUT2D eigenvalue weighted by atomic mass is 79.9. The van der Waals surface area contributed by atoms with E-state index >= 15 is 0 Å². The van der Waals surface area contributed by atoms with E-state index in [2.05, 4.69) is 21.4 Å². The lowest BCUT2D eigenvalue weighted by atomic mass is 10.2. The second-order valence-electron chi connectivity index (χ2n) is 3.96. The van der Waals surface area contributed by atoms with Crippen LogP contribution < -0.4 is 10.4 Å². The Hall–Kier alpha value is -1.88. The maximum atomic E-state index is 13.2. The molecule has 0 fully saturated rings. The maximum absolute atomic E-state index is 13.2. The van der Waals surface area contributed by atoms with E-state index in [-0.39, 0.29) is 11.5 Å². The summed E-state index contributed by atoms with van der Waals surface area (Å²) in [5.41, 5.74) is 3.77. The number of para-hydroxylation sites is 1. The number of hydrogen-bond acceptors (Lipinski definition) is 2. The van der Waals surface area contributed by atoms with Crippen LogP contribution in [0.2, 0.25) is 0 Å². The average molecular weight is 323 g/mol. The number of carbonyl (C=O) groups is 1. The van der Waals surface area contributed by atoms with Crippen molar-refractivity contribution in [1.29, 1.82) is 0 Å². The molecule has 2 aromatic carbocycles. The highest BCUT2D eigenvalue weighted by molar-refractivity contribution is 9.10. The van der Waals surface area contributed by atoms with Gasteiger partial charge in [-0.1, -0.05) is 18.2 Å². The highest BCUT2D eigenvalue weighted by Gasteiger charge is 2.13. The van der Waals surface area contributed by atoms with Gasteiger partial charge in [-0.2, -0.15) is 0 Å². The number of anilines is 1. The van der Waals surface area contributed by atoms with E-state index in [0.717, 1.165) is 5.69 Å². The lowest BCUT2D eigenvalue weighted by Crippen LogP contribution is -2.39. The summed E-state index contributed by atoms with van der Waals surface area (Å²) in [5.74, 6) is -0.826. The van der Waals surface area contributed by atoms with E-state index in [1.54, 1.807) is 12.1 Å². The fraction of sp³-hybridized carbons (Fsp3) is 0.0714. The van der Waals surface area contributed by atoms with Crippen molar-refractivity contribution in [3.05, 3.63) is 64.4 Å². The predicted molar refractivity (Wildman–Crippen MR) is 76.4 cm³/mol. The molecule has 0 aliphatic carbocycles. The number of carbonyl (C=O) groups excluding carboxylic acids is 1. The standard InChI is InChI=1S/C14H12BrFN2O/c1-18(11-5-3-2-4-6-11)17-14(19)12-9-10(16)7-8-13(12)15/h2-9H,1H3,(H,17,19). The number of halogens is 2. The quantitative estimate of drug-likeness (QED) is 0.879. The molecule has 0 aromatic heterocycles. The van der Waals surface area contributed by atoms with Crippen LogP contribution >= 0.6 is 15.9 Å². The molecule has 0 saturated heterocycles. The Morgan fingerprint density at radius 3 is 2.58 bits per heavy atom. The molecule has 0 aliphatic heterocycles. The van der Waals surface area contributed by atoms with E-state index in [1.807, 2.05) is 30.3 Å². The van der Waals surface area contributed by atoms with Crippen molar-refractivity contribution in [1.82, 2.24) is 5.43 Å². The Labute approximate surface area is 119 Å². The van der Waals surface area contributed by atoms with Crippen LogP contribution in [0.4, 0.5) is 10.1 Å². The van der Waals surface area contributed by atoms with Crippen LogP contribution in [0.15, 0.2) is 53.0 Å². The van der Waals surface area contributed by atoms with E-state index in [4.69, 9.17) is 0 Å². The van der Waals surface area contributed by atoms with Crippen molar-refractivity contribution in [3.8, 4) is 0 Å². The number of nitrogens with zero attached hydrogens (tertiary/aromatic N) is 1.